The second kappa shape index (κ2) is 10.4. The van der Waals surface area contributed by atoms with Gasteiger partial charge in [0.15, 0.2) is 6.61 Å². The molecule has 0 unspecified atom stereocenters. The van der Waals surface area contributed by atoms with Crippen LogP contribution in [0.4, 0.5) is 0 Å². The summed E-state index contributed by atoms with van der Waals surface area (Å²) in [5.41, 5.74) is 6.50. The molecule has 1 fully saturated rings. The molecular formula is C22H27N3O5S. The number of sulfonamides is 1. The number of rotatable bonds is 7. The summed E-state index contributed by atoms with van der Waals surface area (Å²) in [7, 11) is -3.43. The van der Waals surface area contributed by atoms with Gasteiger partial charge in [-0.15, -0.1) is 0 Å². The van der Waals surface area contributed by atoms with E-state index >= 15 is 0 Å². The van der Waals surface area contributed by atoms with Crippen LogP contribution in [0.5, 0.6) is 5.75 Å². The molecule has 0 saturated carbocycles. The normalized spacial score (nSPS) is 15.3. The van der Waals surface area contributed by atoms with E-state index in [4.69, 9.17) is 4.74 Å². The molecule has 0 bridgehead atoms. The first kappa shape index (κ1) is 22.8. The molecule has 3 rings (SSSR count). The SMILES string of the molecule is Cc1cccc(OCC(=O)NNC(=O)C2CCN(S(=O)(=O)Cc3ccccc3)CC2)c1. The van der Waals surface area contributed by atoms with Crippen molar-refractivity contribution >= 4 is 21.8 Å². The van der Waals surface area contributed by atoms with Gasteiger partial charge in [-0.1, -0.05) is 42.5 Å². The molecule has 1 aliphatic heterocycles. The molecule has 9 heteroatoms. The number of hydrogen-bond donors (Lipinski definition) is 2. The summed E-state index contributed by atoms with van der Waals surface area (Å²) >= 11 is 0. The fraction of sp³-hybridized carbons (Fsp3) is 0.364. The number of nitrogens with one attached hydrogen (secondary N) is 2. The molecule has 1 aliphatic rings. The molecular weight excluding hydrogens is 418 g/mol. The van der Waals surface area contributed by atoms with Crippen LogP contribution in [0.15, 0.2) is 54.6 Å². The molecule has 2 aromatic rings. The molecule has 1 heterocycles. The Kier molecular flexibility index (Phi) is 7.64. The molecule has 2 amide bonds. The minimum Gasteiger partial charge on any atom is -0.484 e. The van der Waals surface area contributed by atoms with Gasteiger partial charge in [0.1, 0.15) is 5.75 Å². The molecule has 1 saturated heterocycles. The van der Waals surface area contributed by atoms with Crippen LogP contribution in [0.3, 0.4) is 0 Å². The van der Waals surface area contributed by atoms with Gasteiger partial charge in [0.05, 0.1) is 5.75 Å². The van der Waals surface area contributed by atoms with Crippen molar-refractivity contribution in [2.24, 2.45) is 5.92 Å². The first-order valence-corrected chi connectivity index (χ1v) is 11.7. The molecule has 2 N–H and O–H groups in total. The molecule has 166 valence electrons. The lowest BCUT2D eigenvalue weighted by molar-refractivity contribution is -0.132. The summed E-state index contributed by atoms with van der Waals surface area (Å²) in [6.45, 7) is 2.25. The van der Waals surface area contributed by atoms with Crippen molar-refractivity contribution in [1.82, 2.24) is 15.2 Å². The van der Waals surface area contributed by atoms with Gasteiger partial charge < -0.3 is 4.74 Å². The highest BCUT2D eigenvalue weighted by molar-refractivity contribution is 7.88. The average Bonchev–Trinajstić information content (AvgIpc) is 2.76. The Bertz CT molecular complexity index is 1000. The van der Waals surface area contributed by atoms with E-state index in [0.29, 0.717) is 18.6 Å². The summed E-state index contributed by atoms with van der Waals surface area (Å²) in [4.78, 5) is 24.2. The van der Waals surface area contributed by atoms with Crippen LogP contribution in [0.2, 0.25) is 0 Å². The van der Waals surface area contributed by atoms with Gasteiger partial charge in [0.2, 0.25) is 15.9 Å². The van der Waals surface area contributed by atoms with Gasteiger partial charge in [-0.3, -0.25) is 20.4 Å². The van der Waals surface area contributed by atoms with Crippen molar-refractivity contribution in [3.63, 3.8) is 0 Å². The zero-order valence-corrected chi connectivity index (χ0v) is 18.2. The van der Waals surface area contributed by atoms with Gasteiger partial charge >= 0.3 is 0 Å². The van der Waals surface area contributed by atoms with Gasteiger partial charge in [0, 0.05) is 19.0 Å². The monoisotopic (exact) mass is 445 g/mol. The Morgan fingerprint density at radius 3 is 2.42 bits per heavy atom. The van der Waals surface area contributed by atoms with Crippen LogP contribution >= 0.6 is 0 Å². The molecule has 0 atom stereocenters. The Morgan fingerprint density at radius 1 is 1.03 bits per heavy atom. The van der Waals surface area contributed by atoms with E-state index in [1.54, 1.807) is 18.2 Å². The third-order valence-electron chi connectivity index (χ3n) is 5.09. The van der Waals surface area contributed by atoms with Gasteiger partial charge in [-0.25, -0.2) is 12.7 Å². The first-order valence-electron chi connectivity index (χ1n) is 10.1. The minimum atomic E-state index is -3.43. The highest BCUT2D eigenvalue weighted by Crippen LogP contribution is 2.21. The van der Waals surface area contributed by atoms with Crippen molar-refractivity contribution in [2.45, 2.75) is 25.5 Å². The number of hydrazine groups is 1. The fourth-order valence-corrected chi connectivity index (χ4v) is 4.96. The van der Waals surface area contributed by atoms with Crippen molar-refractivity contribution in [3.05, 3.63) is 65.7 Å². The maximum Gasteiger partial charge on any atom is 0.276 e. The van der Waals surface area contributed by atoms with Crippen molar-refractivity contribution < 1.29 is 22.7 Å². The smallest absolute Gasteiger partial charge is 0.276 e. The van der Waals surface area contributed by atoms with Crippen molar-refractivity contribution in [2.75, 3.05) is 19.7 Å². The average molecular weight is 446 g/mol. The molecule has 0 spiro atoms. The Morgan fingerprint density at radius 2 is 1.74 bits per heavy atom. The third-order valence-corrected chi connectivity index (χ3v) is 6.94. The summed E-state index contributed by atoms with van der Waals surface area (Å²) in [5.74, 6) is -0.643. The lowest BCUT2D eigenvalue weighted by atomic mass is 9.98. The predicted octanol–water partition coefficient (Wildman–Crippen LogP) is 1.76. The van der Waals surface area contributed by atoms with Crippen LogP contribution in [0.1, 0.15) is 24.0 Å². The molecule has 2 aromatic carbocycles. The fourth-order valence-electron chi connectivity index (χ4n) is 3.40. The summed E-state index contributed by atoms with van der Waals surface area (Å²) in [6, 6.07) is 16.3. The van der Waals surface area contributed by atoms with E-state index in [-0.39, 0.29) is 37.3 Å². The Hall–Kier alpha value is -2.91. The van der Waals surface area contributed by atoms with E-state index in [9.17, 15) is 18.0 Å². The van der Waals surface area contributed by atoms with Crippen LogP contribution < -0.4 is 15.6 Å². The third kappa shape index (κ3) is 6.80. The number of hydrogen-bond acceptors (Lipinski definition) is 5. The van der Waals surface area contributed by atoms with Gasteiger partial charge in [0.25, 0.3) is 5.91 Å². The first-order chi connectivity index (χ1) is 14.8. The summed E-state index contributed by atoms with van der Waals surface area (Å²) < 4.78 is 32.0. The zero-order valence-electron chi connectivity index (χ0n) is 17.4. The Labute approximate surface area is 182 Å². The van der Waals surface area contributed by atoms with Gasteiger partial charge in [-0.2, -0.15) is 0 Å². The number of amides is 2. The van der Waals surface area contributed by atoms with E-state index < -0.39 is 15.9 Å². The predicted molar refractivity (Wildman–Crippen MR) is 116 cm³/mol. The molecule has 8 nitrogen and oxygen atoms in total. The number of piperidine rings is 1. The van der Waals surface area contributed by atoms with E-state index in [1.807, 2.05) is 43.3 Å². The topological polar surface area (TPSA) is 105 Å². The number of carbonyl (C=O) groups is 2. The second-order valence-electron chi connectivity index (χ2n) is 7.56. The number of carbonyl (C=O) groups excluding carboxylic acids is 2. The lowest BCUT2D eigenvalue weighted by Crippen LogP contribution is -2.49. The molecule has 0 aromatic heterocycles. The minimum absolute atomic E-state index is 0.0539. The van der Waals surface area contributed by atoms with E-state index in [2.05, 4.69) is 10.9 Å². The number of benzene rings is 2. The highest BCUT2D eigenvalue weighted by Gasteiger charge is 2.31. The van der Waals surface area contributed by atoms with E-state index in [0.717, 1.165) is 11.1 Å². The van der Waals surface area contributed by atoms with Gasteiger partial charge in [-0.05, 0) is 43.0 Å². The maximum absolute atomic E-state index is 12.6. The lowest BCUT2D eigenvalue weighted by Gasteiger charge is -2.30. The van der Waals surface area contributed by atoms with Crippen molar-refractivity contribution in [3.8, 4) is 5.75 Å². The number of ether oxygens (including phenoxy) is 1. The Balaban J connectivity index is 1.40. The van der Waals surface area contributed by atoms with Crippen LogP contribution in [-0.2, 0) is 25.4 Å². The molecule has 0 radical (unpaired) electrons. The largest absolute Gasteiger partial charge is 0.484 e. The van der Waals surface area contributed by atoms with E-state index in [1.165, 1.54) is 4.31 Å². The summed E-state index contributed by atoms with van der Waals surface area (Å²) in [5, 5.41) is 0. The highest BCUT2D eigenvalue weighted by atomic mass is 32.2. The number of nitrogens with zero attached hydrogens (tertiary/aromatic N) is 1. The van der Waals surface area contributed by atoms with Crippen LogP contribution in [0, 0.1) is 12.8 Å². The standard InChI is InChI=1S/C22H27N3O5S/c1-17-6-5-9-20(14-17)30-15-21(26)23-24-22(27)19-10-12-25(13-11-19)31(28,29)16-18-7-3-2-4-8-18/h2-9,14,19H,10-13,15-16H2,1H3,(H,23,26)(H,24,27). The summed E-state index contributed by atoms with van der Waals surface area (Å²) in [6.07, 6.45) is 0.797. The quantitative estimate of drug-likeness (QED) is 0.632. The zero-order chi connectivity index (χ0) is 22.3. The molecule has 0 aliphatic carbocycles. The second-order valence-corrected chi connectivity index (χ2v) is 9.53. The molecule has 31 heavy (non-hydrogen) atoms. The van der Waals surface area contributed by atoms with Crippen LogP contribution in [-0.4, -0.2) is 44.2 Å². The maximum atomic E-state index is 12.6. The van der Waals surface area contributed by atoms with Crippen molar-refractivity contribution in [1.29, 1.82) is 0 Å². The van der Waals surface area contributed by atoms with Crippen LogP contribution in [0.25, 0.3) is 0 Å². The number of aryl methyl sites for hydroxylation is 1.